The number of aromatic nitrogens is 4. The standard InChI is InChI=1S/C18H26N4O2/c1-5-9-14(17(23)24)15(12-13-10-7-6-8-11-13)16-19-20-21-22(16)18(2,3)4/h6-8,10-11,14-15H,5,9,12H2,1-4H3,(H,23,24)/t14?,15-/m0/s1. The molecule has 0 aliphatic heterocycles. The predicted molar refractivity (Wildman–Crippen MR) is 91.7 cm³/mol. The van der Waals surface area contributed by atoms with Crippen LogP contribution in [0.15, 0.2) is 30.3 Å². The van der Waals surface area contributed by atoms with Crippen LogP contribution in [0, 0.1) is 5.92 Å². The predicted octanol–water partition coefficient (Wildman–Crippen LogP) is 3.26. The fourth-order valence-corrected chi connectivity index (χ4v) is 2.99. The van der Waals surface area contributed by atoms with Crippen LogP contribution in [-0.2, 0) is 16.8 Å². The molecule has 0 saturated heterocycles. The van der Waals surface area contributed by atoms with Crippen molar-refractivity contribution < 1.29 is 9.90 Å². The van der Waals surface area contributed by atoms with Crippen LogP contribution in [0.3, 0.4) is 0 Å². The zero-order valence-electron chi connectivity index (χ0n) is 14.8. The third kappa shape index (κ3) is 4.19. The molecule has 0 spiro atoms. The molecule has 1 aromatic heterocycles. The molecule has 0 bridgehead atoms. The normalized spacial score (nSPS) is 14.3. The smallest absolute Gasteiger partial charge is 0.307 e. The van der Waals surface area contributed by atoms with E-state index in [9.17, 15) is 9.90 Å². The van der Waals surface area contributed by atoms with Crippen molar-refractivity contribution in [2.75, 3.05) is 0 Å². The number of rotatable bonds is 7. The van der Waals surface area contributed by atoms with Gasteiger partial charge in [0.1, 0.15) is 0 Å². The zero-order valence-corrected chi connectivity index (χ0v) is 14.8. The van der Waals surface area contributed by atoms with Gasteiger partial charge in [0.25, 0.3) is 0 Å². The number of hydrogen-bond acceptors (Lipinski definition) is 4. The fourth-order valence-electron chi connectivity index (χ4n) is 2.99. The Bertz CT molecular complexity index is 661. The number of benzene rings is 1. The molecular weight excluding hydrogens is 304 g/mol. The van der Waals surface area contributed by atoms with Crippen LogP contribution in [0.5, 0.6) is 0 Å². The van der Waals surface area contributed by atoms with E-state index in [1.54, 1.807) is 4.68 Å². The summed E-state index contributed by atoms with van der Waals surface area (Å²) >= 11 is 0. The van der Waals surface area contributed by atoms with Gasteiger partial charge in [-0.05, 0) is 49.6 Å². The molecule has 1 unspecified atom stereocenters. The van der Waals surface area contributed by atoms with Gasteiger partial charge in [0.2, 0.25) is 0 Å². The Labute approximate surface area is 142 Å². The SMILES string of the molecule is CCCC(C(=O)O)[C@H](Cc1ccccc1)c1nnnn1C(C)(C)C. The average Bonchev–Trinajstić information content (AvgIpc) is 3.01. The first-order chi connectivity index (χ1) is 11.3. The van der Waals surface area contributed by atoms with Gasteiger partial charge in [-0.2, -0.15) is 0 Å². The number of carbonyl (C=O) groups is 1. The zero-order chi connectivity index (χ0) is 17.7. The van der Waals surface area contributed by atoms with Gasteiger partial charge in [0, 0.05) is 5.92 Å². The summed E-state index contributed by atoms with van der Waals surface area (Å²) < 4.78 is 1.76. The van der Waals surface area contributed by atoms with E-state index in [4.69, 9.17) is 0 Å². The molecule has 2 rings (SSSR count). The molecule has 130 valence electrons. The van der Waals surface area contributed by atoms with Crippen LogP contribution in [0.4, 0.5) is 0 Å². The van der Waals surface area contributed by atoms with Crippen LogP contribution in [0.25, 0.3) is 0 Å². The monoisotopic (exact) mass is 330 g/mol. The number of aliphatic carboxylic acids is 1. The largest absolute Gasteiger partial charge is 0.481 e. The number of carboxylic acids is 1. The summed E-state index contributed by atoms with van der Waals surface area (Å²) in [5, 5.41) is 21.9. The minimum absolute atomic E-state index is 0.265. The molecule has 2 aromatic rings. The molecule has 0 aliphatic carbocycles. The molecule has 2 atom stereocenters. The minimum atomic E-state index is -0.791. The van der Waals surface area contributed by atoms with E-state index < -0.39 is 11.9 Å². The Morgan fingerprint density at radius 3 is 2.46 bits per heavy atom. The van der Waals surface area contributed by atoms with Gasteiger partial charge in [0.05, 0.1) is 11.5 Å². The van der Waals surface area contributed by atoms with E-state index >= 15 is 0 Å². The molecule has 0 radical (unpaired) electrons. The van der Waals surface area contributed by atoms with Crippen LogP contribution in [0.2, 0.25) is 0 Å². The fraction of sp³-hybridized carbons (Fsp3) is 0.556. The molecule has 0 saturated carbocycles. The Balaban J connectivity index is 2.46. The molecule has 0 aliphatic rings. The van der Waals surface area contributed by atoms with E-state index in [-0.39, 0.29) is 11.5 Å². The lowest BCUT2D eigenvalue weighted by Gasteiger charge is -2.27. The van der Waals surface area contributed by atoms with Gasteiger partial charge in [-0.25, -0.2) is 4.68 Å². The van der Waals surface area contributed by atoms with Gasteiger partial charge >= 0.3 is 5.97 Å². The highest BCUT2D eigenvalue weighted by Crippen LogP contribution is 2.32. The third-order valence-electron chi connectivity index (χ3n) is 4.16. The van der Waals surface area contributed by atoms with Crippen molar-refractivity contribution in [3.63, 3.8) is 0 Å². The second kappa shape index (κ2) is 7.55. The Hall–Kier alpha value is -2.24. The molecule has 0 amide bonds. The van der Waals surface area contributed by atoms with Crippen molar-refractivity contribution in [2.24, 2.45) is 5.92 Å². The van der Waals surface area contributed by atoms with Crippen molar-refractivity contribution in [1.82, 2.24) is 20.2 Å². The maximum atomic E-state index is 11.9. The van der Waals surface area contributed by atoms with E-state index in [2.05, 4.69) is 15.5 Å². The second-order valence-corrected chi connectivity index (χ2v) is 7.15. The number of carboxylic acid groups (broad SMARTS) is 1. The number of nitrogens with zero attached hydrogens (tertiary/aromatic N) is 4. The lowest BCUT2D eigenvalue weighted by Crippen LogP contribution is -2.32. The van der Waals surface area contributed by atoms with E-state index in [1.807, 2.05) is 58.0 Å². The van der Waals surface area contributed by atoms with Crippen molar-refractivity contribution in [2.45, 2.75) is 58.4 Å². The van der Waals surface area contributed by atoms with Gasteiger partial charge in [-0.15, -0.1) is 5.10 Å². The molecule has 1 N–H and O–H groups in total. The van der Waals surface area contributed by atoms with Crippen molar-refractivity contribution in [3.8, 4) is 0 Å². The molecule has 0 fully saturated rings. The number of hydrogen-bond donors (Lipinski definition) is 1. The van der Waals surface area contributed by atoms with Crippen LogP contribution in [-0.4, -0.2) is 31.3 Å². The lowest BCUT2D eigenvalue weighted by atomic mass is 9.83. The maximum absolute atomic E-state index is 11.9. The first kappa shape index (κ1) is 18.1. The molecule has 6 nitrogen and oxygen atoms in total. The molecule has 6 heteroatoms. The van der Waals surface area contributed by atoms with Gasteiger partial charge in [-0.1, -0.05) is 43.7 Å². The van der Waals surface area contributed by atoms with Crippen molar-refractivity contribution in [1.29, 1.82) is 0 Å². The Kier molecular flexibility index (Phi) is 5.70. The van der Waals surface area contributed by atoms with Gasteiger partial charge < -0.3 is 5.11 Å². The highest BCUT2D eigenvalue weighted by atomic mass is 16.4. The third-order valence-corrected chi connectivity index (χ3v) is 4.16. The summed E-state index contributed by atoms with van der Waals surface area (Å²) in [6.45, 7) is 8.05. The Morgan fingerprint density at radius 2 is 1.92 bits per heavy atom. The van der Waals surface area contributed by atoms with Crippen LogP contribution >= 0.6 is 0 Å². The highest BCUT2D eigenvalue weighted by molar-refractivity contribution is 5.71. The first-order valence-electron chi connectivity index (χ1n) is 8.40. The summed E-state index contributed by atoms with van der Waals surface area (Å²) in [5.41, 5.74) is 0.788. The molecular formula is C18H26N4O2. The summed E-state index contributed by atoms with van der Waals surface area (Å²) in [4.78, 5) is 11.9. The van der Waals surface area contributed by atoms with Crippen LogP contribution < -0.4 is 0 Å². The first-order valence-corrected chi connectivity index (χ1v) is 8.40. The average molecular weight is 330 g/mol. The lowest BCUT2D eigenvalue weighted by molar-refractivity contribution is -0.143. The van der Waals surface area contributed by atoms with Gasteiger partial charge in [-0.3, -0.25) is 4.79 Å². The minimum Gasteiger partial charge on any atom is -0.481 e. The summed E-state index contributed by atoms with van der Waals surface area (Å²) in [7, 11) is 0. The van der Waals surface area contributed by atoms with E-state index in [0.717, 1.165) is 12.0 Å². The summed E-state index contributed by atoms with van der Waals surface area (Å²) in [5.74, 6) is -0.921. The topological polar surface area (TPSA) is 80.9 Å². The number of tetrazole rings is 1. The van der Waals surface area contributed by atoms with E-state index in [1.165, 1.54) is 0 Å². The van der Waals surface area contributed by atoms with Crippen molar-refractivity contribution in [3.05, 3.63) is 41.7 Å². The molecule has 1 heterocycles. The quantitative estimate of drug-likeness (QED) is 0.843. The summed E-state index contributed by atoms with van der Waals surface area (Å²) in [6, 6.07) is 9.92. The highest BCUT2D eigenvalue weighted by Gasteiger charge is 2.35. The van der Waals surface area contributed by atoms with Crippen molar-refractivity contribution >= 4 is 5.97 Å². The maximum Gasteiger partial charge on any atom is 0.307 e. The molecule has 24 heavy (non-hydrogen) atoms. The summed E-state index contributed by atoms with van der Waals surface area (Å²) in [6.07, 6.45) is 2.01. The van der Waals surface area contributed by atoms with E-state index in [0.29, 0.717) is 18.7 Å². The molecule has 1 aromatic carbocycles. The second-order valence-electron chi connectivity index (χ2n) is 7.15. The Morgan fingerprint density at radius 1 is 1.25 bits per heavy atom. The van der Waals surface area contributed by atoms with Gasteiger partial charge in [0.15, 0.2) is 5.82 Å². The van der Waals surface area contributed by atoms with Crippen LogP contribution in [0.1, 0.15) is 57.8 Å².